The highest BCUT2D eigenvalue weighted by Gasteiger charge is 1.94. The van der Waals surface area contributed by atoms with Gasteiger partial charge in [-0.1, -0.05) is 24.3 Å². The molecule has 0 amide bonds. The molecule has 3 heteroatoms. The van der Waals surface area contributed by atoms with Crippen molar-refractivity contribution in [1.29, 1.82) is 0 Å². The van der Waals surface area contributed by atoms with Crippen LogP contribution < -0.4 is 5.48 Å². The van der Waals surface area contributed by atoms with Crippen LogP contribution in [-0.4, -0.2) is 16.9 Å². The van der Waals surface area contributed by atoms with E-state index in [4.69, 9.17) is 10.3 Å². The maximum atomic E-state index is 8.68. The van der Waals surface area contributed by atoms with Crippen molar-refractivity contribution < 1.29 is 10.3 Å². The largest absolute Gasteiger partial charge is 0.396 e. The smallest absolute Gasteiger partial charge is 0.0471 e. The molecule has 0 aliphatic carbocycles. The Morgan fingerprint density at radius 1 is 1.25 bits per heavy atom. The van der Waals surface area contributed by atoms with E-state index in [1.165, 1.54) is 0 Å². The lowest BCUT2D eigenvalue weighted by Crippen LogP contribution is -2.06. The van der Waals surface area contributed by atoms with Gasteiger partial charge in [0.25, 0.3) is 0 Å². The summed E-state index contributed by atoms with van der Waals surface area (Å²) >= 11 is 0. The molecule has 66 valence electrons. The van der Waals surface area contributed by atoms with Gasteiger partial charge in [0.05, 0.1) is 0 Å². The zero-order valence-corrected chi connectivity index (χ0v) is 6.83. The zero-order chi connectivity index (χ0) is 8.81. The second-order valence-corrected chi connectivity index (χ2v) is 2.63. The first-order valence-electron chi connectivity index (χ1n) is 3.92. The highest BCUT2D eigenvalue weighted by atomic mass is 16.5. The molecule has 3 nitrogen and oxygen atoms in total. The molecule has 1 aromatic carbocycles. The van der Waals surface area contributed by atoms with E-state index in [1.807, 2.05) is 24.3 Å². The van der Waals surface area contributed by atoms with Gasteiger partial charge in [0.2, 0.25) is 0 Å². The minimum absolute atomic E-state index is 0.163. The molecule has 0 saturated heterocycles. The Morgan fingerprint density at radius 3 is 2.67 bits per heavy atom. The van der Waals surface area contributed by atoms with E-state index in [1.54, 1.807) is 0 Å². The Labute approximate surface area is 71.6 Å². The molecule has 0 spiro atoms. The fourth-order valence-electron chi connectivity index (χ4n) is 1.12. The highest BCUT2D eigenvalue weighted by molar-refractivity contribution is 5.23. The van der Waals surface area contributed by atoms with Crippen LogP contribution >= 0.6 is 0 Å². The van der Waals surface area contributed by atoms with Crippen molar-refractivity contribution in [2.45, 2.75) is 13.0 Å². The number of benzene rings is 1. The minimum atomic E-state index is 0.163. The van der Waals surface area contributed by atoms with E-state index in [9.17, 15) is 0 Å². The van der Waals surface area contributed by atoms with Gasteiger partial charge in [-0.15, -0.1) is 0 Å². The molecule has 0 fully saturated rings. The molecule has 0 aromatic heterocycles. The van der Waals surface area contributed by atoms with E-state index in [0.717, 1.165) is 11.1 Å². The fraction of sp³-hybridized carbons (Fsp3) is 0.333. The molecule has 1 aromatic rings. The monoisotopic (exact) mass is 167 g/mol. The highest BCUT2D eigenvalue weighted by Crippen LogP contribution is 2.05. The average Bonchev–Trinajstić information content (AvgIpc) is 2.06. The summed E-state index contributed by atoms with van der Waals surface area (Å²) in [4.78, 5) is 0. The van der Waals surface area contributed by atoms with Crippen molar-refractivity contribution in [1.82, 2.24) is 5.48 Å². The van der Waals surface area contributed by atoms with Crippen LogP contribution in [0.3, 0.4) is 0 Å². The van der Waals surface area contributed by atoms with Crippen molar-refractivity contribution >= 4 is 0 Å². The van der Waals surface area contributed by atoms with E-state index < -0.39 is 0 Å². The average molecular weight is 167 g/mol. The van der Waals surface area contributed by atoms with Gasteiger partial charge in [0.15, 0.2) is 0 Å². The number of aliphatic hydroxyl groups excluding tert-OH is 1. The summed E-state index contributed by atoms with van der Waals surface area (Å²) in [6.07, 6.45) is 0.666. The lowest BCUT2D eigenvalue weighted by atomic mass is 10.1. The van der Waals surface area contributed by atoms with Gasteiger partial charge in [-0.3, -0.25) is 0 Å². The SMILES string of the molecule is OCCc1cccc(CNO)c1. The third-order valence-electron chi connectivity index (χ3n) is 1.68. The number of aliphatic hydroxyl groups is 1. The normalized spacial score (nSPS) is 10.2. The quantitative estimate of drug-likeness (QED) is 0.578. The molecular formula is C9H13NO2. The fourth-order valence-corrected chi connectivity index (χ4v) is 1.12. The Kier molecular flexibility index (Phi) is 3.73. The predicted molar refractivity (Wildman–Crippen MR) is 45.9 cm³/mol. The van der Waals surface area contributed by atoms with Gasteiger partial charge in [-0.2, -0.15) is 0 Å². The van der Waals surface area contributed by atoms with Gasteiger partial charge in [-0.25, -0.2) is 5.48 Å². The van der Waals surface area contributed by atoms with Crippen LogP contribution in [0, 0.1) is 0 Å². The summed E-state index contributed by atoms with van der Waals surface area (Å²) in [6, 6.07) is 7.75. The number of hydrogen-bond donors (Lipinski definition) is 3. The van der Waals surface area contributed by atoms with Crippen LogP contribution in [-0.2, 0) is 13.0 Å². The van der Waals surface area contributed by atoms with Gasteiger partial charge < -0.3 is 10.3 Å². The molecule has 0 unspecified atom stereocenters. The van der Waals surface area contributed by atoms with Crippen molar-refractivity contribution in [3.8, 4) is 0 Å². The van der Waals surface area contributed by atoms with Crippen molar-refractivity contribution in [2.24, 2.45) is 0 Å². The predicted octanol–water partition coefficient (Wildman–Crippen LogP) is 0.700. The van der Waals surface area contributed by atoms with E-state index in [2.05, 4.69) is 5.48 Å². The summed E-state index contributed by atoms with van der Waals surface area (Å²) < 4.78 is 0. The molecular weight excluding hydrogens is 154 g/mol. The summed E-state index contributed by atoms with van der Waals surface area (Å²) in [5.41, 5.74) is 4.20. The summed E-state index contributed by atoms with van der Waals surface area (Å²) in [6.45, 7) is 0.606. The molecule has 0 radical (unpaired) electrons. The number of hydrogen-bond acceptors (Lipinski definition) is 3. The molecule has 12 heavy (non-hydrogen) atoms. The Balaban J connectivity index is 2.67. The van der Waals surface area contributed by atoms with Crippen LogP contribution in [0.15, 0.2) is 24.3 Å². The number of rotatable bonds is 4. The van der Waals surface area contributed by atoms with Gasteiger partial charge in [0, 0.05) is 13.2 Å². The molecule has 0 atom stereocenters. The zero-order valence-electron chi connectivity index (χ0n) is 6.83. The van der Waals surface area contributed by atoms with Crippen molar-refractivity contribution in [3.63, 3.8) is 0 Å². The lowest BCUT2D eigenvalue weighted by Gasteiger charge is -2.02. The summed E-state index contributed by atoms with van der Waals surface area (Å²) in [5, 5.41) is 17.1. The van der Waals surface area contributed by atoms with Crippen LogP contribution in [0.25, 0.3) is 0 Å². The van der Waals surface area contributed by atoms with Crippen LogP contribution in [0.4, 0.5) is 0 Å². The molecule has 0 aliphatic rings. The third kappa shape index (κ3) is 2.62. The number of hydroxylamine groups is 1. The summed E-state index contributed by atoms with van der Waals surface area (Å²) in [5.74, 6) is 0. The third-order valence-corrected chi connectivity index (χ3v) is 1.68. The first kappa shape index (κ1) is 9.19. The Bertz CT molecular complexity index is 216. The Hall–Kier alpha value is -0.900. The Morgan fingerprint density at radius 2 is 2.00 bits per heavy atom. The van der Waals surface area contributed by atoms with Crippen LogP contribution in [0.2, 0.25) is 0 Å². The van der Waals surface area contributed by atoms with E-state index in [-0.39, 0.29) is 6.61 Å². The standard InChI is InChI=1S/C9H13NO2/c11-5-4-8-2-1-3-9(6-8)7-10-12/h1-3,6,10-12H,4-5,7H2. The summed E-state index contributed by atoms with van der Waals surface area (Å²) in [7, 11) is 0. The van der Waals surface area contributed by atoms with Crippen LogP contribution in [0.5, 0.6) is 0 Å². The van der Waals surface area contributed by atoms with Crippen molar-refractivity contribution in [3.05, 3.63) is 35.4 Å². The molecule has 0 bridgehead atoms. The molecule has 0 heterocycles. The molecule has 1 rings (SSSR count). The molecule has 0 saturated carbocycles. The van der Waals surface area contributed by atoms with Crippen molar-refractivity contribution in [2.75, 3.05) is 6.61 Å². The van der Waals surface area contributed by atoms with Gasteiger partial charge in [0.1, 0.15) is 0 Å². The van der Waals surface area contributed by atoms with Gasteiger partial charge >= 0.3 is 0 Å². The molecule has 3 N–H and O–H groups in total. The van der Waals surface area contributed by atoms with E-state index >= 15 is 0 Å². The topological polar surface area (TPSA) is 52.5 Å². The van der Waals surface area contributed by atoms with E-state index in [0.29, 0.717) is 13.0 Å². The molecule has 0 aliphatic heterocycles. The first-order valence-corrected chi connectivity index (χ1v) is 3.92. The maximum absolute atomic E-state index is 8.68. The minimum Gasteiger partial charge on any atom is -0.396 e. The second kappa shape index (κ2) is 4.87. The maximum Gasteiger partial charge on any atom is 0.0471 e. The van der Waals surface area contributed by atoms with Crippen LogP contribution in [0.1, 0.15) is 11.1 Å². The number of nitrogens with one attached hydrogen (secondary N) is 1. The lowest BCUT2D eigenvalue weighted by molar-refractivity contribution is 0.161. The van der Waals surface area contributed by atoms with Gasteiger partial charge in [-0.05, 0) is 17.5 Å². The second-order valence-electron chi connectivity index (χ2n) is 2.63. The first-order chi connectivity index (χ1) is 5.86.